The molecule has 7 nitrogen and oxygen atoms in total. The van der Waals surface area contributed by atoms with Gasteiger partial charge in [0.2, 0.25) is 11.8 Å². The lowest BCUT2D eigenvalue weighted by Crippen LogP contribution is -2.37. The van der Waals surface area contributed by atoms with E-state index in [9.17, 15) is 4.79 Å². The number of hydrogen-bond acceptors (Lipinski definition) is 6. The van der Waals surface area contributed by atoms with E-state index in [1.807, 2.05) is 17.0 Å². The molecule has 0 spiro atoms. The standard InChI is InChI=1S/C22H29N3O4/c1-15(26)25-13-7-4-8-17(25)20-23-21(24-29-20)22(11-5-6-12-22)16-9-10-18(27-2)19(14-16)28-3/h9-10,14,17H,4-8,11-13H2,1-3H3. The third-order valence-corrected chi connectivity index (χ3v) is 6.46. The van der Waals surface area contributed by atoms with Crippen LogP contribution in [0.25, 0.3) is 0 Å². The minimum Gasteiger partial charge on any atom is -0.493 e. The number of ether oxygens (including phenoxy) is 2. The van der Waals surface area contributed by atoms with Gasteiger partial charge in [-0.25, -0.2) is 0 Å². The Morgan fingerprint density at radius 3 is 2.59 bits per heavy atom. The van der Waals surface area contributed by atoms with Crippen molar-refractivity contribution in [3.63, 3.8) is 0 Å². The van der Waals surface area contributed by atoms with Crippen LogP contribution in [0.3, 0.4) is 0 Å². The normalized spacial score (nSPS) is 21.2. The fourth-order valence-corrected chi connectivity index (χ4v) is 4.88. The number of aromatic nitrogens is 2. The Hall–Kier alpha value is -2.57. The Morgan fingerprint density at radius 1 is 1.14 bits per heavy atom. The number of carbonyl (C=O) groups is 1. The number of methoxy groups -OCH3 is 2. The molecule has 1 amide bonds. The molecule has 2 heterocycles. The van der Waals surface area contributed by atoms with Crippen molar-refractivity contribution in [1.82, 2.24) is 15.0 Å². The lowest BCUT2D eigenvalue weighted by Gasteiger charge is -2.32. The van der Waals surface area contributed by atoms with Gasteiger partial charge in [0, 0.05) is 13.5 Å². The summed E-state index contributed by atoms with van der Waals surface area (Å²) in [6.07, 6.45) is 7.09. The Labute approximate surface area is 171 Å². The van der Waals surface area contributed by atoms with Gasteiger partial charge < -0.3 is 18.9 Å². The highest BCUT2D eigenvalue weighted by Gasteiger charge is 2.43. The number of hydrogen-bond donors (Lipinski definition) is 0. The number of rotatable bonds is 5. The number of amides is 1. The molecular formula is C22H29N3O4. The van der Waals surface area contributed by atoms with E-state index in [0.717, 1.165) is 57.1 Å². The van der Waals surface area contributed by atoms with Gasteiger partial charge in [0.05, 0.1) is 19.6 Å². The average molecular weight is 399 g/mol. The first-order chi connectivity index (χ1) is 14.1. The van der Waals surface area contributed by atoms with Gasteiger partial charge in [-0.15, -0.1) is 0 Å². The Morgan fingerprint density at radius 2 is 1.90 bits per heavy atom. The summed E-state index contributed by atoms with van der Waals surface area (Å²) in [6.45, 7) is 2.36. The lowest BCUT2D eigenvalue weighted by molar-refractivity contribution is -0.133. The first-order valence-electron chi connectivity index (χ1n) is 10.4. The number of likely N-dealkylation sites (tertiary alicyclic amines) is 1. The van der Waals surface area contributed by atoms with Gasteiger partial charge in [-0.3, -0.25) is 4.79 Å². The van der Waals surface area contributed by atoms with E-state index in [1.165, 1.54) is 0 Å². The van der Waals surface area contributed by atoms with E-state index in [4.69, 9.17) is 19.0 Å². The van der Waals surface area contributed by atoms with E-state index < -0.39 is 0 Å². The average Bonchev–Trinajstić information content (AvgIpc) is 3.43. The number of piperidine rings is 1. The Bertz CT molecular complexity index is 873. The molecule has 0 bridgehead atoms. The van der Waals surface area contributed by atoms with Crippen molar-refractivity contribution < 1.29 is 18.8 Å². The van der Waals surface area contributed by atoms with Crippen LogP contribution in [0, 0.1) is 0 Å². The first-order valence-corrected chi connectivity index (χ1v) is 10.4. The van der Waals surface area contributed by atoms with Crippen molar-refractivity contribution in [3.05, 3.63) is 35.5 Å². The molecule has 1 aliphatic carbocycles. The third kappa shape index (κ3) is 3.47. The van der Waals surface area contributed by atoms with E-state index in [1.54, 1.807) is 21.1 Å². The van der Waals surface area contributed by atoms with Crippen molar-refractivity contribution in [2.45, 2.75) is 63.3 Å². The summed E-state index contributed by atoms with van der Waals surface area (Å²) >= 11 is 0. The van der Waals surface area contributed by atoms with Crippen LogP contribution in [0.4, 0.5) is 0 Å². The third-order valence-electron chi connectivity index (χ3n) is 6.46. The molecule has 0 N–H and O–H groups in total. The second-order valence-electron chi connectivity index (χ2n) is 8.04. The number of benzene rings is 1. The molecule has 29 heavy (non-hydrogen) atoms. The van der Waals surface area contributed by atoms with Gasteiger partial charge in [-0.2, -0.15) is 4.98 Å². The number of nitrogens with zero attached hydrogens (tertiary/aromatic N) is 3. The summed E-state index contributed by atoms with van der Waals surface area (Å²) in [4.78, 5) is 18.8. The molecule has 1 unspecified atom stereocenters. The summed E-state index contributed by atoms with van der Waals surface area (Å²) < 4.78 is 16.7. The van der Waals surface area contributed by atoms with Crippen LogP contribution in [0.5, 0.6) is 11.5 Å². The SMILES string of the molecule is COc1ccc(C2(c3noc(C4CCCCN4C(C)=O)n3)CCCC2)cc1OC. The second kappa shape index (κ2) is 8.05. The van der Waals surface area contributed by atoms with E-state index >= 15 is 0 Å². The van der Waals surface area contributed by atoms with Crippen LogP contribution >= 0.6 is 0 Å². The highest BCUT2D eigenvalue weighted by atomic mass is 16.5. The molecule has 4 rings (SSSR count). The minimum atomic E-state index is -0.295. The summed E-state index contributed by atoms with van der Waals surface area (Å²) in [7, 11) is 3.29. The largest absolute Gasteiger partial charge is 0.493 e. The van der Waals surface area contributed by atoms with Crippen molar-refractivity contribution in [3.8, 4) is 11.5 Å². The summed E-state index contributed by atoms with van der Waals surface area (Å²) in [5.41, 5.74) is 0.823. The predicted octanol–water partition coefficient (Wildman–Crippen LogP) is 4.02. The lowest BCUT2D eigenvalue weighted by atomic mass is 9.78. The Balaban J connectivity index is 1.71. The summed E-state index contributed by atoms with van der Waals surface area (Å²) in [5, 5.41) is 4.42. The van der Waals surface area contributed by atoms with Gasteiger partial charge in [0.25, 0.3) is 0 Å². The molecule has 2 aromatic rings. The molecule has 2 aliphatic rings. The summed E-state index contributed by atoms with van der Waals surface area (Å²) in [5.74, 6) is 2.74. The zero-order valence-electron chi connectivity index (χ0n) is 17.4. The zero-order chi connectivity index (χ0) is 20.4. The molecule has 1 aromatic heterocycles. The molecule has 2 fully saturated rings. The smallest absolute Gasteiger partial charge is 0.249 e. The zero-order valence-corrected chi connectivity index (χ0v) is 17.4. The van der Waals surface area contributed by atoms with Crippen molar-refractivity contribution in [1.29, 1.82) is 0 Å². The van der Waals surface area contributed by atoms with Crippen molar-refractivity contribution >= 4 is 5.91 Å². The van der Waals surface area contributed by atoms with Crippen LogP contribution in [0.2, 0.25) is 0 Å². The molecule has 1 aromatic carbocycles. The van der Waals surface area contributed by atoms with Gasteiger partial charge in [-0.05, 0) is 49.8 Å². The number of carbonyl (C=O) groups excluding carboxylic acids is 1. The highest BCUT2D eigenvalue weighted by molar-refractivity contribution is 5.73. The van der Waals surface area contributed by atoms with Crippen LogP contribution < -0.4 is 9.47 Å². The quantitative estimate of drug-likeness (QED) is 0.756. The highest BCUT2D eigenvalue weighted by Crippen LogP contribution is 2.47. The monoisotopic (exact) mass is 399 g/mol. The van der Waals surface area contributed by atoms with Crippen molar-refractivity contribution in [2.24, 2.45) is 0 Å². The minimum absolute atomic E-state index is 0.0601. The predicted molar refractivity (Wildman–Crippen MR) is 107 cm³/mol. The van der Waals surface area contributed by atoms with Crippen LogP contribution in [0.15, 0.2) is 22.7 Å². The van der Waals surface area contributed by atoms with Crippen molar-refractivity contribution in [2.75, 3.05) is 20.8 Å². The van der Waals surface area contributed by atoms with Gasteiger partial charge in [0.15, 0.2) is 17.3 Å². The molecule has 0 radical (unpaired) electrons. The van der Waals surface area contributed by atoms with Gasteiger partial charge in [-0.1, -0.05) is 24.1 Å². The maximum Gasteiger partial charge on any atom is 0.249 e. The van der Waals surface area contributed by atoms with Crippen LogP contribution in [-0.2, 0) is 10.2 Å². The second-order valence-corrected chi connectivity index (χ2v) is 8.04. The first kappa shape index (κ1) is 19.7. The van der Waals surface area contributed by atoms with E-state index in [2.05, 4.69) is 11.2 Å². The van der Waals surface area contributed by atoms with Gasteiger partial charge in [0.1, 0.15) is 6.04 Å². The maximum atomic E-state index is 12.1. The molecular weight excluding hydrogens is 370 g/mol. The fraction of sp³-hybridized carbons (Fsp3) is 0.591. The van der Waals surface area contributed by atoms with E-state index in [0.29, 0.717) is 23.2 Å². The maximum absolute atomic E-state index is 12.1. The Kier molecular flexibility index (Phi) is 5.48. The molecule has 1 aliphatic heterocycles. The molecule has 1 atom stereocenters. The molecule has 1 saturated carbocycles. The van der Waals surface area contributed by atoms with Gasteiger partial charge >= 0.3 is 0 Å². The topological polar surface area (TPSA) is 77.7 Å². The van der Waals surface area contributed by atoms with Crippen LogP contribution in [0.1, 0.15) is 75.2 Å². The molecule has 156 valence electrons. The van der Waals surface area contributed by atoms with Crippen LogP contribution in [-0.4, -0.2) is 41.7 Å². The molecule has 7 heteroatoms. The summed E-state index contributed by atoms with van der Waals surface area (Å²) in [6, 6.07) is 5.92. The van der Waals surface area contributed by atoms with E-state index in [-0.39, 0.29) is 17.4 Å². The fourth-order valence-electron chi connectivity index (χ4n) is 4.88. The molecule has 1 saturated heterocycles.